The Bertz CT molecular complexity index is 4840. The Morgan fingerprint density at radius 3 is 1.49 bits per heavy atom. The number of carbonyl (C=O) groups is 2. The van der Waals surface area contributed by atoms with Crippen molar-refractivity contribution in [2.24, 2.45) is 53.6 Å². The number of hydrogen-bond donors (Lipinski definition) is 7. The Balaban J connectivity index is 0.000000213. The monoisotopic (exact) mass is 1510 g/mol. The second-order valence-corrected chi connectivity index (χ2v) is 32.3. The van der Waals surface area contributed by atoms with Gasteiger partial charge in [-0.1, -0.05) is 131 Å². The van der Waals surface area contributed by atoms with E-state index in [0.717, 1.165) is 201 Å². The number of aliphatic imine (C=N–C) groups is 6. The molecule has 16 bridgehead atoms. The molecular weight excluding hydrogens is 1400 g/mol. The maximum Gasteiger partial charge on any atom is 0.220 e. The van der Waals surface area contributed by atoms with Crippen LogP contribution in [0.25, 0.3) is 0 Å². The minimum absolute atomic E-state index is 0. The third-order valence-electron chi connectivity index (χ3n) is 22.7. The molecule has 12 aliphatic rings. The van der Waals surface area contributed by atoms with Crippen molar-refractivity contribution in [1.82, 2.24) is 26.6 Å². The number of fused-ring (bicyclic) bond motifs is 10. The minimum atomic E-state index is -0.220. The number of aliphatic hydroxyl groups is 2. The van der Waals surface area contributed by atoms with E-state index in [0.29, 0.717) is 82.3 Å². The fourth-order valence-electron chi connectivity index (χ4n) is 16.3. The first-order valence-electron chi connectivity index (χ1n) is 38.2. The van der Waals surface area contributed by atoms with Crippen LogP contribution in [0.3, 0.4) is 0 Å². The average molecular weight is 1510 g/mol. The number of likely N-dealkylation sites (N-methyl/N-ethyl adjacent to an activating group) is 1. The van der Waals surface area contributed by atoms with E-state index in [4.69, 9.17) is 39.4 Å². The Morgan fingerprint density at radius 1 is 0.541 bits per heavy atom. The summed E-state index contributed by atoms with van der Waals surface area (Å²) in [6, 6.07) is 16.9. The van der Waals surface area contributed by atoms with Gasteiger partial charge in [-0.3, -0.25) is 9.59 Å². The van der Waals surface area contributed by atoms with Crippen LogP contribution in [0.1, 0.15) is 178 Å². The van der Waals surface area contributed by atoms with Crippen LogP contribution < -0.4 is 26.6 Å². The summed E-state index contributed by atoms with van der Waals surface area (Å²) in [4.78, 5) is 57.3. The van der Waals surface area contributed by atoms with Crippen molar-refractivity contribution in [3.8, 4) is 0 Å². The van der Waals surface area contributed by atoms with Gasteiger partial charge in [0.25, 0.3) is 0 Å². The molecule has 574 valence electrons. The molecule has 10 aliphatic heterocycles. The van der Waals surface area contributed by atoms with Gasteiger partial charge < -0.3 is 46.3 Å². The standard InChI is InChI=1S/C45H53N5O3S2.C43H50N6O3.2CH4/c1-9-17-54-55-23-46-41(52)16-15-32-26(5)35-19-36-27(6)42(29(8)53-22-30-13-11-24(3)12-14-30)39(48-36)21-34-25(4)31(10-2)38(47-34)20-37-28(7)43-40(51)18-33(44(32)49-35)45(43)50-37;1-8-29-24(3)34-19-38-32(22-52-21-28-11-9-23(2)10-12-28)26(5)33(47-38)18-35-25(4)30(13-14-40(51)45-16-15-44-7)42(48-35)31-17-39(50)41-27(6)36(49-43(31)41)20-37(29)46-34;;/h11-14,19-21,26,29,32,49,51H,9-10,15-18,22-23H2,1-8H3,(H,46,52);9-12,18-20,25,30,44,48,50H,8,13-17,21-22H2,1-7H3,(H,45,51);2*1H4/t26?,29?,32-;25?,30-;;/m00../s1. The van der Waals surface area contributed by atoms with Gasteiger partial charge >= 0.3 is 0 Å². The molecule has 2 fully saturated rings. The summed E-state index contributed by atoms with van der Waals surface area (Å²) < 4.78 is 12.9. The van der Waals surface area contributed by atoms with Crippen LogP contribution in [-0.4, -0.2) is 101 Å². The van der Waals surface area contributed by atoms with Crippen molar-refractivity contribution in [3.63, 3.8) is 0 Å². The van der Waals surface area contributed by atoms with Crippen molar-refractivity contribution in [1.29, 1.82) is 0 Å². The van der Waals surface area contributed by atoms with Gasteiger partial charge in [-0.2, -0.15) is 0 Å². The second-order valence-electron chi connectivity index (χ2n) is 29.8. The van der Waals surface area contributed by atoms with Gasteiger partial charge in [0.2, 0.25) is 11.8 Å². The number of allylic oxidation sites excluding steroid dienone is 22. The van der Waals surface area contributed by atoms with Gasteiger partial charge in [0.15, 0.2) is 0 Å². The molecule has 10 heterocycles. The van der Waals surface area contributed by atoms with E-state index in [1.165, 1.54) is 22.3 Å². The number of ether oxygens (including phenoxy) is 2. The Morgan fingerprint density at radius 2 is 0.991 bits per heavy atom. The second kappa shape index (κ2) is 34.9. The molecule has 0 aromatic heterocycles. The number of rotatable bonds is 24. The maximum absolute atomic E-state index is 13.1. The molecule has 2 saturated heterocycles. The first-order chi connectivity index (χ1) is 51.6. The van der Waals surface area contributed by atoms with Crippen LogP contribution in [0.4, 0.5) is 0 Å². The fourth-order valence-corrected chi connectivity index (χ4v) is 18.2. The van der Waals surface area contributed by atoms with Crippen LogP contribution in [0, 0.1) is 37.5 Å². The maximum atomic E-state index is 13.1. The van der Waals surface area contributed by atoms with Crippen LogP contribution in [0.5, 0.6) is 0 Å². The summed E-state index contributed by atoms with van der Waals surface area (Å²) in [5.74, 6) is 2.64. The van der Waals surface area contributed by atoms with E-state index >= 15 is 0 Å². The van der Waals surface area contributed by atoms with E-state index in [1.807, 2.05) is 20.9 Å². The number of hydrogen-bond acceptors (Lipinski definition) is 17. The summed E-state index contributed by atoms with van der Waals surface area (Å²) in [5.41, 5.74) is 33.6. The highest BCUT2D eigenvalue weighted by atomic mass is 33.1. The van der Waals surface area contributed by atoms with Crippen LogP contribution in [0.2, 0.25) is 0 Å². The van der Waals surface area contributed by atoms with Gasteiger partial charge in [-0.15, -0.1) is 0 Å². The number of nitrogens with zero attached hydrogens (tertiary/aromatic N) is 6. The van der Waals surface area contributed by atoms with Crippen molar-refractivity contribution in [3.05, 3.63) is 254 Å². The zero-order chi connectivity index (χ0) is 75.6. The van der Waals surface area contributed by atoms with Gasteiger partial charge in [-0.25, -0.2) is 30.0 Å². The zero-order valence-corrected chi connectivity index (χ0v) is 66.4. The molecule has 14 rings (SSSR count). The van der Waals surface area contributed by atoms with Gasteiger partial charge in [0.05, 0.1) is 100 Å². The first-order valence-corrected chi connectivity index (χ1v) is 40.7. The first kappa shape index (κ1) is 81.0. The summed E-state index contributed by atoms with van der Waals surface area (Å²) in [6.45, 7) is 32.6. The van der Waals surface area contributed by atoms with Crippen LogP contribution >= 0.6 is 21.6 Å². The summed E-state index contributed by atoms with van der Waals surface area (Å²) >= 11 is 0. The lowest BCUT2D eigenvalue weighted by molar-refractivity contribution is -0.122. The molecule has 17 nitrogen and oxygen atoms in total. The zero-order valence-electron chi connectivity index (χ0n) is 64.8. The topological polar surface area (TPSA) is 227 Å². The van der Waals surface area contributed by atoms with E-state index < -0.39 is 0 Å². The SMILES string of the molecule is C.C.CCC1=C(C)C2=NC1=CC1=C(C)C3=C(O)CC(=C4NC(=CC5=NC(=C2)C(COCc2ccc(C)cc2)=C5C)C(C)[C@@H]4CCC(=O)NCCNC)C3=N1.CCCSSCNC(=O)CC[C@@H]1C2=C3CC(O)=C4C3=NC(=C4C)C=C3N=C(C=C4N=C(C=C(N2)C1C)C(C)=C4C(C)OCc1ccc(C)cc1)C(C)=C3CC. The molecule has 2 aliphatic carbocycles. The van der Waals surface area contributed by atoms with Crippen molar-refractivity contribution in [2.75, 3.05) is 38.4 Å². The summed E-state index contributed by atoms with van der Waals surface area (Å²) in [5, 5.41) is 39.7. The Hall–Kier alpha value is -8.98. The summed E-state index contributed by atoms with van der Waals surface area (Å²) in [6.07, 6.45) is 18.2. The number of aliphatic hydroxyl groups excluding tert-OH is 2. The fraction of sp³-hybridized carbons (Fsp3) is 0.422. The normalized spacial score (nSPS) is 21.8. The Labute approximate surface area is 654 Å². The van der Waals surface area contributed by atoms with E-state index in [-0.39, 0.29) is 56.4 Å². The molecular formula is C90H111N11O6S2. The highest BCUT2D eigenvalue weighted by Gasteiger charge is 2.44. The predicted octanol–water partition coefficient (Wildman–Crippen LogP) is 18.8. The quantitative estimate of drug-likeness (QED) is 0.0297. The molecule has 3 unspecified atom stereocenters. The molecule has 0 radical (unpaired) electrons. The van der Waals surface area contributed by atoms with E-state index in [1.54, 1.807) is 21.6 Å². The molecule has 2 amide bonds. The van der Waals surface area contributed by atoms with Crippen LogP contribution in [0.15, 0.2) is 261 Å². The smallest absolute Gasteiger partial charge is 0.220 e. The molecule has 109 heavy (non-hydrogen) atoms. The van der Waals surface area contributed by atoms with Crippen molar-refractivity contribution < 1.29 is 29.3 Å². The van der Waals surface area contributed by atoms with Gasteiger partial charge in [0.1, 0.15) is 11.5 Å². The average Bonchev–Trinajstić information content (AvgIpc) is 1.58. The highest BCUT2D eigenvalue weighted by Crippen LogP contribution is 2.50. The predicted molar refractivity (Wildman–Crippen MR) is 453 cm³/mol. The highest BCUT2D eigenvalue weighted by molar-refractivity contribution is 8.76. The Kier molecular flexibility index (Phi) is 26.0. The number of carbonyl (C=O) groups excluding carboxylic acids is 2. The van der Waals surface area contributed by atoms with Crippen molar-refractivity contribution in [2.45, 2.75) is 189 Å². The molecule has 2 aromatic carbocycles. The largest absolute Gasteiger partial charge is 0.511 e. The number of aryl methyl sites for hydroxylation is 2. The van der Waals surface area contributed by atoms with Crippen molar-refractivity contribution >= 4 is 67.7 Å². The van der Waals surface area contributed by atoms with Crippen LogP contribution in [-0.2, 0) is 32.3 Å². The molecule has 0 saturated carbocycles. The molecule has 5 atom stereocenters. The number of benzene rings is 2. The molecule has 19 heteroatoms. The minimum Gasteiger partial charge on any atom is -0.511 e. The van der Waals surface area contributed by atoms with E-state index in [2.05, 4.69) is 195 Å². The lowest BCUT2D eigenvalue weighted by Crippen LogP contribution is -2.30. The lowest BCUT2D eigenvalue weighted by Gasteiger charge is -2.18. The molecule has 7 N–H and O–H groups in total. The van der Waals surface area contributed by atoms with Gasteiger partial charge in [0, 0.05) is 124 Å². The lowest BCUT2D eigenvalue weighted by atomic mass is 9.86. The third-order valence-corrected chi connectivity index (χ3v) is 25.1. The third kappa shape index (κ3) is 16.7. The number of amides is 2. The molecule has 2 aromatic rings. The van der Waals surface area contributed by atoms with Gasteiger partial charge in [-0.05, 0) is 194 Å². The molecule has 0 spiro atoms. The van der Waals surface area contributed by atoms with E-state index in [9.17, 15) is 19.8 Å². The number of nitrogens with one attached hydrogen (secondary N) is 5. The summed E-state index contributed by atoms with van der Waals surface area (Å²) in [7, 11) is 5.36.